The number of carbonyl (C=O) groups is 3. The van der Waals surface area contributed by atoms with E-state index in [4.69, 9.17) is 4.74 Å². The Kier molecular flexibility index (Phi) is 7.22. The highest BCUT2D eigenvalue weighted by Gasteiger charge is 2.37. The lowest BCUT2D eigenvalue weighted by atomic mass is 9.86. The van der Waals surface area contributed by atoms with Crippen molar-refractivity contribution in [2.24, 2.45) is 5.41 Å². The number of methoxy groups -OCH3 is 1. The molecule has 0 radical (unpaired) electrons. The number of piperidine rings is 1. The molecule has 0 saturated carbocycles. The largest absolute Gasteiger partial charge is 0.466 e. The standard InChI is InChI=1S/C16H25NO6/c1-16(2,11-23-13(19)8-7-12(18)22-3)14(20)15(21)17-9-5-4-6-10-17/h7-8,14,20H,4-6,9-11H2,1-3H3/b8-7+. The van der Waals surface area contributed by atoms with Crippen molar-refractivity contribution in [3.63, 3.8) is 0 Å². The summed E-state index contributed by atoms with van der Waals surface area (Å²) in [6, 6.07) is 0. The molecular weight excluding hydrogens is 302 g/mol. The van der Waals surface area contributed by atoms with Gasteiger partial charge in [-0.25, -0.2) is 9.59 Å². The van der Waals surface area contributed by atoms with Crippen molar-refractivity contribution in [3.8, 4) is 0 Å². The van der Waals surface area contributed by atoms with Gasteiger partial charge in [0.1, 0.15) is 6.10 Å². The smallest absolute Gasteiger partial charge is 0.331 e. The quantitative estimate of drug-likeness (QED) is 0.569. The van der Waals surface area contributed by atoms with Gasteiger partial charge in [0.2, 0.25) is 0 Å². The first-order valence-corrected chi connectivity index (χ1v) is 7.67. The number of amides is 1. The van der Waals surface area contributed by atoms with Gasteiger partial charge >= 0.3 is 11.9 Å². The van der Waals surface area contributed by atoms with E-state index in [1.807, 2.05) is 0 Å². The fraction of sp³-hybridized carbons (Fsp3) is 0.688. The molecule has 1 unspecified atom stereocenters. The van der Waals surface area contributed by atoms with Crippen molar-refractivity contribution in [1.82, 2.24) is 4.90 Å². The highest BCUT2D eigenvalue weighted by molar-refractivity contribution is 5.91. The van der Waals surface area contributed by atoms with Gasteiger partial charge in [-0.1, -0.05) is 13.8 Å². The van der Waals surface area contributed by atoms with Crippen LogP contribution in [0.25, 0.3) is 0 Å². The number of ether oxygens (including phenoxy) is 2. The zero-order valence-corrected chi connectivity index (χ0v) is 13.9. The highest BCUT2D eigenvalue weighted by Crippen LogP contribution is 2.24. The Morgan fingerprint density at radius 1 is 1.13 bits per heavy atom. The molecule has 0 spiro atoms. The molecule has 7 heteroatoms. The van der Waals surface area contributed by atoms with Gasteiger partial charge in [-0.15, -0.1) is 0 Å². The first kappa shape index (κ1) is 19.2. The number of hydrogen-bond acceptors (Lipinski definition) is 6. The lowest BCUT2D eigenvalue weighted by Crippen LogP contribution is -2.49. The molecular formula is C16H25NO6. The van der Waals surface area contributed by atoms with E-state index in [1.54, 1.807) is 18.7 Å². The molecule has 1 amide bonds. The molecule has 7 nitrogen and oxygen atoms in total. The Morgan fingerprint density at radius 3 is 2.26 bits per heavy atom. The summed E-state index contributed by atoms with van der Waals surface area (Å²) in [4.78, 5) is 36.3. The summed E-state index contributed by atoms with van der Waals surface area (Å²) in [6.45, 7) is 4.45. The maximum Gasteiger partial charge on any atom is 0.331 e. The van der Waals surface area contributed by atoms with Crippen LogP contribution in [0.2, 0.25) is 0 Å². The number of likely N-dealkylation sites (tertiary alicyclic amines) is 1. The average molecular weight is 327 g/mol. The zero-order chi connectivity index (χ0) is 17.5. The molecule has 0 aromatic heterocycles. The molecule has 1 N–H and O–H groups in total. The monoisotopic (exact) mass is 327 g/mol. The van der Waals surface area contributed by atoms with E-state index in [9.17, 15) is 19.5 Å². The summed E-state index contributed by atoms with van der Waals surface area (Å²) in [7, 11) is 1.20. The second kappa shape index (κ2) is 8.67. The van der Waals surface area contributed by atoms with Crippen molar-refractivity contribution in [1.29, 1.82) is 0 Å². The van der Waals surface area contributed by atoms with Crippen LogP contribution in [0.1, 0.15) is 33.1 Å². The van der Waals surface area contributed by atoms with Crippen molar-refractivity contribution in [2.75, 3.05) is 26.8 Å². The van der Waals surface area contributed by atoms with Crippen LogP contribution >= 0.6 is 0 Å². The van der Waals surface area contributed by atoms with Gasteiger partial charge in [0.15, 0.2) is 0 Å². The van der Waals surface area contributed by atoms with Crippen LogP contribution in [0.5, 0.6) is 0 Å². The van der Waals surface area contributed by atoms with Gasteiger partial charge < -0.3 is 19.5 Å². The number of carbonyl (C=O) groups excluding carboxylic acids is 3. The summed E-state index contributed by atoms with van der Waals surface area (Å²) in [5.41, 5.74) is -0.927. The second-order valence-electron chi connectivity index (χ2n) is 6.24. The first-order valence-electron chi connectivity index (χ1n) is 7.67. The van der Waals surface area contributed by atoms with Gasteiger partial charge in [0.05, 0.1) is 13.7 Å². The third kappa shape index (κ3) is 6.02. The Balaban J connectivity index is 2.53. The average Bonchev–Trinajstić information content (AvgIpc) is 2.57. The van der Waals surface area contributed by atoms with E-state index >= 15 is 0 Å². The van der Waals surface area contributed by atoms with Gasteiger partial charge in [-0.3, -0.25) is 4.79 Å². The van der Waals surface area contributed by atoms with Gasteiger partial charge in [0, 0.05) is 30.7 Å². The molecule has 1 aliphatic heterocycles. The summed E-state index contributed by atoms with van der Waals surface area (Å²) >= 11 is 0. The number of nitrogens with zero attached hydrogens (tertiary/aromatic N) is 1. The predicted molar refractivity (Wildman–Crippen MR) is 82.3 cm³/mol. The summed E-state index contributed by atoms with van der Waals surface area (Å²) in [5.74, 6) is -1.74. The molecule has 1 rings (SSSR count). The van der Waals surface area contributed by atoms with Crippen molar-refractivity contribution < 1.29 is 29.0 Å². The number of esters is 2. The number of hydrogen-bond donors (Lipinski definition) is 1. The fourth-order valence-corrected chi connectivity index (χ4v) is 2.21. The first-order chi connectivity index (χ1) is 10.8. The van der Waals surface area contributed by atoms with Crippen LogP contribution in [-0.4, -0.2) is 60.8 Å². The lowest BCUT2D eigenvalue weighted by Gasteiger charge is -2.34. The SMILES string of the molecule is COC(=O)/C=C/C(=O)OCC(C)(C)C(O)C(=O)N1CCCCC1. The molecule has 0 bridgehead atoms. The Hall–Kier alpha value is -1.89. The van der Waals surface area contributed by atoms with E-state index in [2.05, 4.69) is 4.74 Å². The maximum atomic E-state index is 12.3. The third-order valence-electron chi connectivity index (χ3n) is 3.78. The van der Waals surface area contributed by atoms with E-state index in [0.717, 1.165) is 31.4 Å². The Morgan fingerprint density at radius 2 is 1.70 bits per heavy atom. The molecule has 23 heavy (non-hydrogen) atoms. The molecule has 1 heterocycles. The van der Waals surface area contributed by atoms with Crippen LogP contribution in [0, 0.1) is 5.41 Å². The predicted octanol–water partition coefficient (Wildman–Crippen LogP) is 0.658. The molecule has 1 aliphatic rings. The molecule has 1 fully saturated rings. The molecule has 0 aromatic carbocycles. The maximum absolute atomic E-state index is 12.3. The molecule has 130 valence electrons. The number of aliphatic hydroxyl groups is 1. The topological polar surface area (TPSA) is 93.1 Å². The summed E-state index contributed by atoms with van der Waals surface area (Å²) in [6.07, 6.45) is 3.61. The summed E-state index contributed by atoms with van der Waals surface area (Å²) < 4.78 is 9.36. The van der Waals surface area contributed by atoms with Crippen LogP contribution in [-0.2, 0) is 23.9 Å². The molecule has 0 aromatic rings. The van der Waals surface area contributed by atoms with E-state index in [-0.39, 0.29) is 12.5 Å². The highest BCUT2D eigenvalue weighted by atomic mass is 16.5. The minimum absolute atomic E-state index is 0.141. The Labute approximate surface area is 136 Å². The van der Waals surface area contributed by atoms with Crippen LogP contribution in [0.3, 0.4) is 0 Å². The van der Waals surface area contributed by atoms with E-state index < -0.39 is 23.5 Å². The normalized spacial score (nSPS) is 17.0. The molecule has 1 saturated heterocycles. The second-order valence-corrected chi connectivity index (χ2v) is 6.24. The van der Waals surface area contributed by atoms with Gasteiger partial charge in [-0.2, -0.15) is 0 Å². The van der Waals surface area contributed by atoms with E-state index in [1.165, 1.54) is 7.11 Å². The zero-order valence-electron chi connectivity index (χ0n) is 13.9. The third-order valence-corrected chi connectivity index (χ3v) is 3.78. The van der Waals surface area contributed by atoms with Crippen LogP contribution < -0.4 is 0 Å². The van der Waals surface area contributed by atoms with Crippen LogP contribution in [0.4, 0.5) is 0 Å². The van der Waals surface area contributed by atoms with Crippen molar-refractivity contribution >= 4 is 17.8 Å². The van der Waals surface area contributed by atoms with Crippen molar-refractivity contribution in [2.45, 2.75) is 39.2 Å². The van der Waals surface area contributed by atoms with Gasteiger partial charge in [-0.05, 0) is 19.3 Å². The van der Waals surface area contributed by atoms with E-state index in [0.29, 0.717) is 13.1 Å². The number of aliphatic hydroxyl groups excluding tert-OH is 1. The minimum atomic E-state index is -1.25. The minimum Gasteiger partial charge on any atom is -0.466 e. The Bertz CT molecular complexity index is 465. The summed E-state index contributed by atoms with van der Waals surface area (Å²) in [5, 5.41) is 10.3. The number of rotatable bonds is 6. The van der Waals surface area contributed by atoms with Crippen molar-refractivity contribution in [3.05, 3.63) is 12.2 Å². The van der Waals surface area contributed by atoms with Crippen LogP contribution in [0.15, 0.2) is 12.2 Å². The molecule has 0 aliphatic carbocycles. The molecule has 1 atom stereocenters. The lowest BCUT2D eigenvalue weighted by molar-refractivity contribution is -0.155. The fourth-order valence-electron chi connectivity index (χ4n) is 2.21. The van der Waals surface area contributed by atoms with Gasteiger partial charge in [0.25, 0.3) is 5.91 Å².